The molecule has 2 aromatic carbocycles. The van der Waals surface area contributed by atoms with Gasteiger partial charge in [0.25, 0.3) is 0 Å². The van der Waals surface area contributed by atoms with E-state index in [-0.39, 0.29) is 0 Å². The Kier molecular flexibility index (Phi) is 26.3. The molecule has 0 aromatic heterocycles. The minimum absolute atomic E-state index is 0.660. The van der Waals surface area contributed by atoms with Crippen LogP contribution in [-0.2, 0) is 0 Å². The number of quaternary nitrogens is 1. The van der Waals surface area contributed by atoms with E-state index in [9.17, 15) is 0 Å². The van der Waals surface area contributed by atoms with Crippen LogP contribution in [0.15, 0.2) is 60.7 Å². The standard InChI is InChI=1S/C28H44B.C16H36N/c1-3-5-7-9-11-19-25-29(27-21-15-13-16-22-27,28-23-17-14-18-24-28)26-20-12-10-8-6-4-2;1-5-9-13-17(14-10-6-2,15-11-7-3)16-12-8-4/h13-18,21-24H,3-12,19-20,25-26H2,1-2H3;5-16H2,1-4H3/q-1;+1. The molecule has 264 valence electrons. The second-order valence-corrected chi connectivity index (χ2v) is 14.8. The van der Waals surface area contributed by atoms with E-state index in [1.807, 2.05) is 0 Å². The molecule has 0 aliphatic heterocycles. The zero-order chi connectivity index (χ0) is 33.6. The van der Waals surface area contributed by atoms with Gasteiger partial charge in [0, 0.05) is 0 Å². The maximum Gasteiger partial charge on any atom is 0.0786 e. The molecule has 0 N–H and O–H groups in total. The third-order valence-corrected chi connectivity index (χ3v) is 10.9. The van der Waals surface area contributed by atoms with E-state index in [1.165, 1.54) is 172 Å². The van der Waals surface area contributed by atoms with Gasteiger partial charge < -0.3 is 4.48 Å². The Hall–Kier alpha value is -1.54. The van der Waals surface area contributed by atoms with E-state index in [0.29, 0.717) is 0 Å². The first-order chi connectivity index (χ1) is 22.6. The number of nitrogens with zero attached hydrogens (tertiary/aromatic N) is 1. The van der Waals surface area contributed by atoms with Crippen LogP contribution < -0.4 is 10.9 Å². The van der Waals surface area contributed by atoms with Crippen molar-refractivity contribution in [1.82, 2.24) is 0 Å². The number of unbranched alkanes of at least 4 members (excludes halogenated alkanes) is 14. The molecule has 0 saturated carbocycles. The number of rotatable bonds is 28. The fraction of sp³-hybridized carbons (Fsp3) is 0.727. The van der Waals surface area contributed by atoms with Gasteiger partial charge in [-0.1, -0.05) is 205 Å². The molecule has 2 rings (SSSR count). The van der Waals surface area contributed by atoms with Gasteiger partial charge in [0.15, 0.2) is 0 Å². The van der Waals surface area contributed by atoms with Crippen LogP contribution in [0.2, 0.25) is 12.6 Å². The molecule has 0 bridgehead atoms. The lowest BCUT2D eigenvalue weighted by Crippen LogP contribution is -2.58. The molecule has 2 heteroatoms. The molecule has 0 aliphatic carbocycles. The van der Waals surface area contributed by atoms with Gasteiger partial charge in [0.2, 0.25) is 0 Å². The Bertz CT molecular complexity index is 800. The largest absolute Gasteiger partial charge is 0.324 e. The van der Waals surface area contributed by atoms with Gasteiger partial charge in [-0.2, -0.15) is 12.6 Å². The minimum Gasteiger partial charge on any atom is -0.324 e. The second kappa shape index (κ2) is 28.5. The highest BCUT2D eigenvalue weighted by Crippen LogP contribution is 2.25. The van der Waals surface area contributed by atoms with Crippen LogP contribution in [0.1, 0.15) is 170 Å². The topological polar surface area (TPSA) is 0 Å². The maximum absolute atomic E-state index is 2.40. The predicted octanol–water partition coefficient (Wildman–Crippen LogP) is 13.0. The molecule has 46 heavy (non-hydrogen) atoms. The fourth-order valence-corrected chi connectivity index (χ4v) is 7.84. The molecule has 2 aromatic rings. The highest BCUT2D eigenvalue weighted by Gasteiger charge is 2.27. The van der Waals surface area contributed by atoms with Crippen molar-refractivity contribution in [3.05, 3.63) is 60.7 Å². The molecule has 0 heterocycles. The Balaban J connectivity index is 0.000000533. The van der Waals surface area contributed by atoms with Crippen LogP contribution in [0.25, 0.3) is 0 Å². The highest BCUT2D eigenvalue weighted by molar-refractivity contribution is 7.02. The van der Waals surface area contributed by atoms with Crippen LogP contribution >= 0.6 is 0 Å². The number of hydrogen-bond donors (Lipinski definition) is 0. The summed E-state index contributed by atoms with van der Waals surface area (Å²) in [6.07, 6.45) is 29.7. The van der Waals surface area contributed by atoms with Crippen LogP contribution in [0.3, 0.4) is 0 Å². The molecule has 0 amide bonds. The van der Waals surface area contributed by atoms with Gasteiger partial charge in [0.1, 0.15) is 0 Å². The van der Waals surface area contributed by atoms with Crippen LogP contribution in [0, 0.1) is 0 Å². The van der Waals surface area contributed by atoms with Crippen molar-refractivity contribution in [1.29, 1.82) is 0 Å². The average molecular weight is 634 g/mol. The van der Waals surface area contributed by atoms with Crippen LogP contribution in [0.4, 0.5) is 0 Å². The molecular weight excluding hydrogens is 553 g/mol. The van der Waals surface area contributed by atoms with Crippen LogP contribution in [-0.4, -0.2) is 36.8 Å². The van der Waals surface area contributed by atoms with Gasteiger partial charge in [-0.3, -0.25) is 0 Å². The first-order valence-corrected chi connectivity index (χ1v) is 20.7. The van der Waals surface area contributed by atoms with Gasteiger partial charge >= 0.3 is 0 Å². The minimum atomic E-state index is -0.660. The molecule has 0 unspecified atom stereocenters. The molecule has 0 fully saturated rings. The Morgan fingerprint density at radius 2 is 0.630 bits per heavy atom. The van der Waals surface area contributed by atoms with Crippen molar-refractivity contribution in [3.8, 4) is 0 Å². The molecular formula is C44H80BN. The van der Waals surface area contributed by atoms with Gasteiger partial charge in [0.05, 0.1) is 32.3 Å². The van der Waals surface area contributed by atoms with Crippen molar-refractivity contribution in [3.63, 3.8) is 0 Å². The number of hydrogen-bond acceptors (Lipinski definition) is 0. The highest BCUT2D eigenvalue weighted by atomic mass is 15.3. The fourth-order valence-electron chi connectivity index (χ4n) is 7.84. The van der Waals surface area contributed by atoms with Gasteiger partial charge in [-0.15, -0.1) is 0 Å². The van der Waals surface area contributed by atoms with Crippen molar-refractivity contribution in [2.75, 3.05) is 26.2 Å². The summed E-state index contributed by atoms with van der Waals surface area (Å²) in [7, 11) is 0. The molecule has 0 spiro atoms. The van der Waals surface area contributed by atoms with E-state index >= 15 is 0 Å². The molecule has 1 nitrogen and oxygen atoms in total. The normalized spacial score (nSPS) is 11.8. The van der Waals surface area contributed by atoms with E-state index in [0.717, 1.165) is 0 Å². The third kappa shape index (κ3) is 17.6. The summed E-state index contributed by atoms with van der Waals surface area (Å²) in [5.74, 6) is 0. The summed E-state index contributed by atoms with van der Waals surface area (Å²) in [5, 5.41) is 0. The monoisotopic (exact) mass is 634 g/mol. The van der Waals surface area contributed by atoms with Crippen LogP contribution in [0.5, 0.6) is 0 Å². The van der Waals surface area contributed by atoms with E-state index in [2.05, 4.69) is 102 Å². The first-order valence-electron chi connectivity index (χ1n) is 20.7. The lowest BCUT2D eigenvalue weighted by Gasteiger charge is -2.42. The lowest BCUT2D eigenvalue weighted by molar-refractivity contribution is -0.929. The summed E-state index contributed by atoms with van der Waals surface area (Å²) in [6, 6.07) is 22.9. The van der Waals surface area contributed by atoms with Crippen molar-refractivity contribution < 1.29 is 4.48 Å². The first kappa shape index (κ1) is 42.5. The summed E-state index contributed by atoms with van der Waals surface area (Å²) in [4.78, 5) is 0. The Morgan fingerprint density at radius 3 is 0.935 bits per heavy atom. The SMILES string of the molecule is CCCCCCCC[B-](CCCCCCCC)(c1ccccc1)c1ccccc1.CCCC[N+](CCCC)(CCCC)CCCC. The maximum atomic E-state index is 2.40. The van der Waals surface area contributed by atoms with E-state index in [1.54, 1.807) is 10.9 Å². The molecule has 0 atom stereocenters. The summed E-state index contributed by atoms with van der Waals surface area (Å²) < 4.78 is 1.42. The van der Waals surface area contributed by atoms with Gasteiger partial charge in [-0.25, -0.2) is 10.9 Å². The molecule has 0 aliphatic rings. The Morgan fingerprint density at radius 1 is 0.348 bits per heavy atom. The van der Waals surface area contributed by atoms with Crippen molar-refractivity contribution in [2.45, 2.75) is 183 Å². The van der Waals surface area contributed by atoms with E-state index < -0.39 is 6.15 Å². The van der Waals surface area contributed by atoms with Gasteiger partial charge in [-0.05, 0) is 25.7 Å². The molecule has 0 saturated heterocycles. The van der Waals surface area contributed by atoms with Crippen molar-refractivity contribution >= 4 is 17.1 Å². The molecule has 0 radical (unpaired) electrons. The average Bonchev–Trinajstić information content (AvgIpc) is 3.11. The number of benzene rings is 2. The summed E-state index contributed by atoms with van der Waals surface area (Å²) >= 11 is 0. The quantitative estimate of drug-likeness (QED) is 0.0497. The summed E-state index contributed by atoms with van der Waals surface area (Å²) in [5.41, 5.74) is 3.17. The smallest absolute Gasteiger partial charge is 0.0786 e. The summed E-state index contributed by atoms with van der Waals surface area (Å²) in [6.45, 7) is 19.6. The Labute approximate surface area is 290 Å². The second-order valence-electron chi connectivity index (χ2n) is 14.8. The predicted molar refractivity (Wildman–Crippen MR) is 214 cm³/mol. The van der Waals surface area contributed by atoms with E-state index in [4.69, 9.17) is 0 Å². The zero-order valence-corrected chi connectivity index (χ0v) is 32.2. The van der Waals surface area contributed by atoms with Crippen molar-refractivity contribution in [2.24, 2.45) is 0 Å². The lowest BCUT2D eigenvalue weighted by atomic mass is 9.15. The zero-order valence-electron chi connectivity index (χ0n) is 32.2. The third-order valence-electron chi connectivity index (χ3n) is 10.9.